The van der Waals surface area contributed by atoms with Gasteiger partial charge in [-0.25, -0.2) is 9.37 Å². The maximum Gasteiger partial charge on any atom is 0.125 e. The first kappa shape index (κ1) is 13.1. The lowest BCUT2D eigenvalue weighted by atomic mass is 10.2. The second-order valence-electron chi connectivity index (χ2n) is 4.87. The molecule has 0 N–H and O–H groups in total. The quantitative estimate of drug-likeness (QED) is 0.658. The van der Waals surface area contributed by atoms with Gasteiger partial charge in [0.2, 0.25) is 0 Å². The van der Waals surface area contributed by atoms with Crippen molar-refractivity contribution < 1.29 is 4.39 Å². The molecule has 3 rings (SSSR count). The van der Waals surface area contributed by atoms with E-state index in [1.807, 2.05) is 13.0 Å². The van der Waals surface area contributed by atoms with Crippen LogP contribution in [0.2, 0.25) is 0 Å². The summed E-state index contributed by atoms with van der Waals surface area (Å²) in [5.41, 5.74) is 4.20. The zero-order valence-electron chi connectivity index (χ0n) is 11.1. The molecule has 3 aromatic rings. The number of alkyl halides is 1. The number of hydrogen-bond donors (Lipinski definition) is 0. The van der Waals surface area contributed by atoms with Gasteiger partial charge in [0.1, 0.15) is 11.6 Å². The molecular weight excluding hydrogens is 275 g/mol. The molecule has 1 aromatic heterocycles. The standard InChI is InChI=1S/C16H14ClFN2/c1-11-2-7-15-14(8-11)19-16(9-17)20(15)10-12-3-5-13(18)6-4-12/h2-8H,9-10H2,1H3. The van der Waals surface area contributed by atoms with Gasteiger partial charge in [-0.2, -0.15) is 0 Å². The lowest BCUT2D eigenvalue weighted by Crippen LogP contribution is -2.03. The van der Waals surface area contributed by atoms with Gasteiger partial charge in [0.15, 0.2) is 0 Å². The highest BCUT2D eigenvalue weighted by atomic mass is 35.5. The van der Waals surface area contributed by atoms with Gasteiger partial charge < -0.3 is 4.57 Å². The van der Waals surface area contributed by atoms with Gasteiger partial charge in [-0.1, -0.05) is 18.2 Å². The number of fused-ring (bicyclic) bond motifs is 1. The van der Waals surface area contributed by atoms with Crippen molar-refractivity contribution in [1.82, 2.24) is 9.55 Å². The normalized spacial score (nSPS) is 11.2. The van der Waals surface area contributed by atoms with Crippen LogP contribution in [0.15, 0.2) is 42.5 Å². The fourth-order valence-electron chi connectivity index (χ4n) is 2.34. The summed E-state index contributed by atoms with van der Waals surface area (Å²) in [7, 11) is 0. The molecule has 0 aliphatic carbocycles. The molecule has 20 heavy (non-hydrogen) atoms. The Bertz CT molecular complexity index is 747. The minimum atomic E-state index is -0.225. The fraction of sp³-hybridized carbons (Fsp3) is 0.188. The highest BCUT2D eigenvalue weighted by Crippen LogP contribution is 2.20. The third-order valence-corrected chi connectivity index (χ3v) is 3.60. The molecule has 0 aliphatic rings. The van der Waals surface area contributed by atoms with Crippen LogP contribution in [0.3, 0.4) is 0 Å². The molecule has 0 atom stereocenters. The molecule has 0 saturated carbocycles. The Labute approximate surface area is 121 Å². The Morgan fingerprint density at radius 2 is 1.90 bits per heavy atom. The molecule has 0 unspecified atom stereocenters. The predicted molar refractivity (Wildman–Crippen MR) is 79.5 cm³/mol. The summed E-state index contributed by atoms with van der Waals surface area (Å²) >= 11 is 5.99. The van der Waals surface area contributed by atoms with Gasteiger partial charge in [-0.15, -0.1) is 11.6 Å². The minimum Gasteiger partial charge on any atom is -0.322 e. The van der Waals surface area contributed by atoms with Crippen LogP contribution in [0.5, 0.6) is 0 Å². The van der Waals surface area contributed by atoms with Crippen LogP contribution in [0.1, 0.15) is 17.0 Å². The first-order valence-electron chi connectivity index (χ1n) is 6.43. The van der Waals surface area contributed by atoms with Crippen molar-refractivity contribution in [2.45, 2.75) is 19.3 Å². The molecule has 1 heterocycles. The molecule has 2 nitrogen and oxygen atoms in total. The minimum absolute atomic E-state index is 0.225. The number of halogens is 2. The summed E-state index contributed by atoms with van der Waals surface area (Å²) < 4.78 is 15.0. The average Bonchev–Trinajstić information content (AvgIpc) is 2.78. The van der Waals surface area contributed by atoms with E-state index < -0.39 is 0 Å². The van der Waals surface area contributed by atoms with E-state index in [4.69, 9.17) is 11.6 Å². The van der Waals surface area contributed by atoms with Gasteiger partial charge in [0.25, 0.3) is 0 Å². The topological polar surface area (TPSA) is 17.8 Å². The van der Waals surface area contributed by atoms with Crippen LogP contribution in [0.25, 0.3) is 11.0 Å². The maximum absolute atomic E-state index is 13.0. The number of nitrogens with zero attached hydrogens (tertiary/aromatic N) is 2. The summed E-state index contributed by atoms with van der Waals surface area (Å²) in [5.74, 6) is 0.962. The van der Waals surface area contributed by atoms with Gasteiger partial charge in [0, 0.05) is 6.54 Å². The highest BCUT2D eigenvalue weighted by molar-refractivity contribution is 6.16. The summed E-state index contributed by atoms with van der Waals surface area (Å²) in [6.45, 7) is 2.68. The molecular formula is C16H14ClFN2. The Morgan fingerprint density at radius 3 is 2.60 bits per heavy atom. The van der Waals surface area contributed by atoms with Crippen molar-refractivity contribution >= 4 is 22.6 Å². The summed E-state index contributed by atoms with van der Waals surface area (Å²) in [6, 6.07) is 12.7. The third kappa shape index (κ3) is 2.41. The first-order chi connectivity index (χ1) is 9.67. The van der Waals surface area contributed by atoms with Gasteiger partial charge in [-0.3, -0.25) is 0 Å². The molecule has 102 valence electrons. The SMILES string of the molecule is Cc1ccc2c(c1)nc(CCl)n2Cc1ccc(F)cc1. The number of aromatic nitrogens is 2. The second-order valence-corrected chi connectivity index (χ2v) is 5.13. The zero-order valence-corrected chi connectivity index (χ0v) is 11.9. The Balaban J connectivity index is 2.07. The summed E-state index contributed by atoms with van der Waals surface area (Å²) in [6.07, 6.45) is 0. The molecule has 0 amide bonds. The number of hydrogen-bond acceptors (Lipinski definition) is 1. The maximum atomic E-state index is 13.0. The van der Waals surface area contributed by atoms with Crippen LogP contribution in [0, 0.1) is 12.7 Å². The van der Waals surface area contributed by atoms with Crippen molar-refractivity contribution in [2.24, 2.45) is 0 Å². The molecule has 0 bridgehead atoms. The molecule has 4 heteroatoms. The molecule has 0 spiro atoms. The molecule has 0 aliphatic heterocycles. The largest absolute Gasteiger partial charge is 0.322 e. The monoisotopic (exact) mass is 288 g/mol. The van der Waals surface area contributed by atoms with Crippen molar-refractivity contribution in [1.29, 1.82) is 0 Å². The molecule has 0 fully saturated rings. The number of rotatable bonds is 3. The van der Waals surface area contributed by atoms with Crippen LogP contribution in [-0.4, -0.2) is 9.55 Å². The van der Waals surface area contributed by atoms with Gasteiger partial charge in [0.05, 0.1) is 16.9 Å². The van der Waals surface area contributed by atoms with Crippen LogP contribution in [0.4, 0.5) is 4.39 Å². The number of aryl methyl sites for hydroxylation is 1. The smallest absolute Gasteiger partial charge is 0.125 e. The Morgan fingerprint density at radius 1 is 1.15 bits per heavy atom. The lowest BCUT2D eigenvalue weighted by molar-refractivity contribution is 0.626. The van der Waals surface area contributed by atoms with Gasteiger partial charge in [-0.05, 0) is 42.3 Å². The van der Waals surface area contributed by atoms with Crippen molar-refractivity contribution in [2.75, 3.05) is 0 Å². The number of imidazole rings is 1. The molecule has 0 saturated heterocycles. The van der Waals surface area contributed by atoms with E-state index >= 15 is 0 Å². The number of benzene rings is 2. The van der Waals surface area contributed by atoms with Gasteiger partial charge >= 0.3 is 0 Å². The van der Waals surface area contributed by atoms with Crippen LogP contribution >= 0.6 is 11.6 Å². The van der Waals surface area contributed by atoms with Crippen molar-refractivity contribution in [3.8, 4) is 0 Å². The van der Waals surface area contributed by atoms with E-state index in [1.54, 1.807) is 12.1 Å². The van der Waals surface area contributed by atoms with Crippen molar-refractivity contribution in [3.05, 3.63) is 65.2 Å². The van der Waals surface area contributed by atoms with Crippen LogP contribution < -0.4 is 0 Å². The van der Waals surface area contributed by atoms with E-state index in [0.29, 0.717) is 12.4 Å². The van der Waals surface area contributed by atoms with E-state index in [-0.39, 0.29) is 5.82 Å². The average molecular weight is 289 g/mol. The van der Waals surface area contributed by atoms with E-state index in [0.717, 1.165) is 22.4 Å². The first-order valence-corrected chi connectivity index (χ1v) is 6.97. The highest BCUT2D eigenvalue weighted by Gasteiger charge is 2.10. The Hall–Kier alpha value is -1.87. The summed E-state index contributed by atoms with van der Waals surface area (Å²) in [5, 5.41) is 0. The van der Waals surface area contributed by atoms with E-state index in [9.17, 15) is 4.39 Å². The van der Waals surface area contributed by atoms with E-state index in [2.05, 4.69) is 21.7 Å². The fourth-order valence-corrected chi connectivity index (χ4v) is 2.54. The Kier molecular flexibility index (Phi) is 3.45. The van der Waals surface area contributed by atoms with Crippen LogP contribution in [-0.2, 0) is 12.4 Å². The van der Waals surface area contributed by atoms with E-state index in [1.165, 1.54) is 17.7 Å². The molecule has 2 aromatic carbocycles. The predicted octanol–water partition coefficient (Wildman–Crippen LogP) is 4.27. The lowest BCUT2D eigenvalue weighted by Gasteiger charge is -2.08. The zero-order chi connectivity index (χ0) is 14.1. The molecule has 0 radical (unpaired) electrons. The van der Waals surface area contributed by atoms with Crippen molar-refractivity contribution in [3.63, 3.8) is 0 Å². The third-order valence-electron chi connectivity index (χ3n) is 3.36. The second kappa shape index (κ2) is 5.25. The summed E-state index contributed by atoms with van der Waals surface area (Å²) in [4.78, 5) is 4.56.